The van der Waals surface area contributed by atoms with Crippen LogP contribution < -0.4 is 10.9 Å². The van der Waals surface area contributed by atoms with Gasteiger partial charge in [-0.05, 0) is 26.0 Å². The number of terminal acetylenes is 1. The van der Waals surface area contributed by atoms with Gasteiger partial charge in [-0.25, -0.2) is 4.98 Å². The van der Waals surface area contributed by atoms with Gasteiger partial charge in [0.1, 0.15) is 0 Å². The SMILES string of the molecule is C#CC(C)(C)NC(=O)c1nc2ccccc2c(=O)[nH]1. The summed E-state index contributed by atoms with van der Waals surface area (Å²) in [5, 5.41) is 3.05. The number of H-pyrrole nitrogens is 1. The Bertz CT molecular complexity index is 738. The largest absolute Gasteiger partial charge is 0.334 e. The van der Waals surface area contributed by atoms with Crippen molar-refractivity contribution in [2.24, 2.45) is 0 Å². The molecule has 0 aliphatic carbocycles. The van der Waals surface area contributed by atoms with Crippen molar-refractivity contribution in [1.29, 1.82) is 0 Å². The zero-order chi connectivity index (χ0) is 14.0. The van der Waals surface area contributed by atoms with Gasteiger partial charge in [0.25, 0.3) is 11.5 Å². The number of para-hydroxylation sites is 1. The lowest BCUT2D eigenvalue weighted by atomic mass is 10.1. The quantitative estimate of drug-likeness (QED) is 0.788. The Kier molecular flexibility index (Phi) is 3.09. The van der Waals surface area contributed by atoms with Crippen molar-refractivity contribution in [3.63, 3.8) is 0 Å². The van der Waals surface area contributed by atoms with Crippen LogP contribution in [0.4, 0.5) is 0 Å². The van der Waals surface area contributed by atoms with Gasteiger partial charge in [-0.15, -0.1) is 6.42 Å². The van der Waals surface area contributed by atoms with Crippen LogP contribution in [0.3, 0.4) is 0 Å². The van der Waals surface area contributed by atoms with Crippen LogP contribution in [0.1, 0.15) is 24.5 Å². The van der Waals surface area contributed by atoms with Crippen LogP contribution in [0.5, 0.6) is 0 Å². The third-order valence-electron chi connectivity index (χ3n) is 2.61. The molecule has 2 N–H and O–H groups in total. The first-order chi connectivity index (χ1) is 8.93. The number of carbonyl (C=O) groups is 1. The fraction of sp³-hybridized carbons (Fsp3) is 0.214. The number of aromatic nitrogens is 2. The van der Waals surface area contributed by atoms with Gasteiger partial charge in [-0.3, -0.25) is 9.59 Å². The summed E-state index contributed by atoms with van der Waals surface area (Å²) in [6, 6.07) is 6.81. The van der Waals surface area contributed by atoms with E-state index in [-0.39, 0.29) is 11.4 Å². The van der Waals surface area contributed by atoms with E-state index in [0.717, 1.165) is 0 Å². The van der Waals surface area contributed by atoms with E-state index in [1.165, 1.54) is 0 Å². The molecule has 96 valence electrons. The van der Waals surface area contributed by atoms with Crippen molar-refractivity contribution in [2.75, 3.05) is 0 Å². The number of nitrogens with zero attached hydrogens (tertiary/aromatic N) is 1. The van der Waals surface area contributed by atoms with E-state index in [0.29, 0.717) is 10.9 Å². The van der Waals surface area contributed by atoms with Crippen molar-refractivity contribution in [2.45, 2.75) is 19.4 Å². The van der Waals surface area contributed by atoms with Crippen molar-refractivity contribution in [1.82, 2.24) is 15.3 Å². The lowest BCUT2D eigenvalue weighted by Crippen LogP contribution is -2.43. The Morgan fingerprint density at radius 3 is 2.79 bits per heavy atom. The number of aromatic amines is 1. The maximum absolute atomic E-state index is 12.0. The normalized spacial score (nSPS) is 11.0. The Morgan fingerprint density at radius 2 is 2.11 bits per heavy atom. The minimum absolute atomic E-state index is 0.0491. The van der Waals surface area contributed by atoms with E-state index in [9.17, 15) is 9.59 Å². The van der Waals surface area contributed by atoms with Crippen molar-refractivity contribution >= 4 is 16.8 Å². The first-order valence-corrected chi connectivity index (χ1v) is 5.72. The van der Waals surface area contributed by atoms with Gasteiger partial charge < -0.3 is 10.3 Å². The highest BCUT2D eigenvalue weighted by atomic mass is 16.2. The molecule has 0 spiro atoms. The molecule has 0 aliphatic heterocycles. The van der Waals surface area contributed by atoms with E-state index < -0.39 is 11.4 Å². The van der Waals surface area contributed by atoms with E-state index in [1.807, 2.05) is 0 Å². The molecular weight excluding hydrogens is 242 g/mol. The highest BCUT2D eigenvalue weighted by Crippen LogP contribution is 2.06. The average molecular weight is 255 g/mol. The molecule has 0 aliphatic rings. The molecule has 0 saturated carbocycles. The molecule has 1 amide bonds. The molecule has 5 nitrogen and oxygen atoms in total. The summed E-state index contributed by atoms with van der Waals surface area (Å²) in [6.07, 6.45) is 5.30. The summed E-state index contributed by atoms with van der Waals surface area (Å²) >= 11 is 0. The van der Waals surface area contributed by atoms with Gasteiger partial charge in [-0.1, -0.05) is 18.1 Å². The molecule has 0 bridgehead atoms. The predicted molar refractivity (Wildman–Crippen MR) is 72.7 cm³/mol. The lowest BCUT2D eigenvalue weighted by Gasteiger charge is -2.18. The van der Waals surface area contributed by atoms with Crippen molar-refractivity contribution in [3.8, 4) is 12.3 Å². The number of rotatable bonds is 2. The molecule has 1 aromatic heterocycles. The average Bonchev–Trinajstić information content (AvgIpc) is 2.38. The molecule has 0 unspecified atom stereocenters. The summed E-state index contributed by atoms with van der Waals surface area (Å²) in [7, 11) is 0. The monoisotopic (exact) mass is 255 g/mol. The maximum Gasteiger partial charge on any atom is 0.288 e. The third-order valence-corrected chi connectivity index (χ3v) is 2.61. The summed E-state index contributed by atoms with van der Waals surface area (Å²) in [5.74, 6) is 1.88. The molecular formula is C14H13N3O2. The summed E-state index contributed by atoms with van der Waals surface area (Å²) in [6.45, 7) is 3.37. The number of fused-ring (bicyclic) bond motifs is 1. The van der Waals surface area contributed by atoms with Crippen LogP contribution in [0.25, 0.3) is 10.9 Å². The standard InChI is InChI=1S/C14H13N3O2/c1-4-14(2,3)17-13(19)11-15-10-8-6-5-7-9(10)12(18)16-11/h1,5-8H,2-3H3,(H,17,19)(H,15,16,18). The molecule has 2 aromatic rings. The summed E-state index contributed by atoms with van der Waals surface area (Å²) in [5.41, 5.74) is -0.689. The number of benzene rings is 1. The highest BCUT2D eigenvalue weighted by molar-refractivity contribution is 5.93. The van der Waals surface area contributed by atoms with E-state index in [2.05, 4.69) is 21.2 Å². The van der Waals surface area contributed by atoms with Gasteiger partial charge in [0.05, 0.1) is 16.4 Å². The molecule has 0 radical (unpaired) electrons. The second kappa shape index (κ2) is 4.58. The fourth-order valence-electron chi connectivity index (χ4n) is 1.57. The third kappa shape index (κ3) is 2.63. The predicted octanol–water partition coefficient (Wildman–Crippen LogP) is 1.06. The summed E-state index contributed by atoms with van der Waals surface area (Å²) < 4.78 is 0. The first kappa shape index (κ1) is 12.8. The van der Waals surface area contributed by atoms with Crippen LogP contribution in [-0.2, 0) is 0 Å². The number of amides is 1. The molecule has 19 heavy (non-hydrogen) atoms. The molecule has 5 heteroatoms. The number of nitrogens with one attached hydrogen (secondary N) is 2. The number of carbonyl (C=O) groups excluding carboxylic acids is 1. The van der Waals surface area contributed by atoms with E-state index in [1.54, 1.807) is 38.1 Å². The van der Waals surface area contributed by atoms with Gasteiger partial charge >= 0.3 is 0 Å². The van der Waals surface area contributed by atoms with Crippen molar-refractivity contribution < 1.29 is 4.79 Å². The van der Waals surface area contributed by atoms with E-state index in [4.69, 9.17) is 6.42 Å². The van der Waals surface area contributed by atoms with Gasteiger partial charge in [-0.2, -0.15) is 0 Å². The van der Waals surface area contributed by atoms with Gasteiger partial charge in [0.15, 0.2) is 5.82 Å². The smallest absolute Gasteiger partial charge is 0.288 e. The van der Waals surface area contributed by atoms with Crippen LogP contribution in [0, 0.1) is 12.3 Å². The summed E-state index contributed by atoms with van der Waals surface area (Å²) in [4.78, 5) is 30.4. The minimum atomic E-state index is -0.804. The van der Waals surface area contributed by atoms with Gasteiger partial charge in [0, 0.05) is 0 Å². The minimum Gasteiger partial charge on any atom is -0.334 e. The molecule has 0 fully saturated rings. The second-order valence-corrected chi connectivity index (χ2v) is 4.66. The molecule has 1 aromatic carbocycles. The van der Waals surface area contributed by atoms with Crippen LogP contribution in [0.15, 0.2) is 29.1 Å². The molecule has 1 heterocycles. The van der Waals surface area contributed by atoms with Crippen LogP contribution in [0.2, 0.25) is 0 Å². The Balaban J connectivity index is 2.45. The van der Waals surface area contributed by atoms with Gasteiger partial charge in [0.2, 0.25) is 0 Å². The number of hydrogen-bond acceptors (Lipinski definition) is 3. The Morgan fingerprint density at radius 1 is 1.42 bits per heavy atom. The second-order valence-electron chi connectivity index (χ2n) is 4.66. The fourth-order valence-corrected chi connectivity index (χ4v) is 1.57. The van der Waals surface area contributed by atoms with Crippen LogP contribution >= 0.6 is 0 Å². The molecule has 0 atom stereocenters. The zero-order valence-electron chi connectivity index (χ0n) is 10.7. The van der Waals surface area contributed by atoms with Crippen LogP contribution in [-0.4, -0.2) is 21.4 Å². The molecule has 0 saturated heterocycles. The Hall–Kier alpha value is -2.61. The molecule has 2 rings (SSSR count). The number of hydrogen-bond donors (Lipinski definition) is 2. The van der Waals surface area contributed by atoms with Crippen molar-refractivity contribution in [3.05, 3.63) is 40.4 Å². The Labute approximate surface area is 110 Å². The maximum atomic E-state index is 12.0. The topological polar surface area (TPSA) is 74.8 Å². The van der Waals surface area contributed by atoms with E-state index >= 15 is 0 Å². The first-order valence-electron chi connectivity index (χ1n) is 5.72. The lowest BCUT2D eigenvalue weighted by molar-refractivity contribution is 0.0919. The zero-order valence-corrected chi connectivity index (χ0v) is 10.7. The highest BCUT2D eigenvalue weighted by Gasteiger charge is 2.20.